The number of aryl methyl sites for hydroxylation is 1. The van der Waals surface area contributed by atoms with E-state index in [0.29, 0.717) is 5.69 Å². The Morgan fingerprint density at radius 3 is 2.50 bits per heavy atom. The SMILES string of the molecule is CNS(=O)(=O)CCNc1c([N+](=O)[O-])c(C(C)C)nn1C. The minimum atomic E-state index is -3.36. The standard InChI is InChI=1S/C10H19N5O4S/c1-7(2)8-9(15(16)17)10(14(4)13-8)12-5-6-20(18,19)11-3/h7,11-12H,5-6H2,1-4H3. The third-order valence-corrected chi connectivity index (χ3v) is 4.12. The number of nitrogens with one attached hydrogen (secondary N) is 2. The van der Waals surface area contributed by atoms with Crippen molar-refractivity contribution in [3.8, 4) is 0 Å². The first-order valence-corrected chi connectivity index (χ1v) is 7.71. The number of aromatic nitrogens is 2. The Morgan fingerprint density at radius 1 is 1.45 bits per heavy atom. The van der Waals surface area contributed by atoms with Gasteiger partial charge in [-0.3, -0.25) is 10.1 Å². The number of nitrogens with zero attached hydrogens (tertiary/aromatic N) is 3. The van der Waals surface area contributed by atoms with Gasteiger partial charge in [-0.1, -0.05) is 13.8 Å². The lowest BCUT2D eigenvalue weighted by Crippen LogP contribution is -2.26. The predicted octanol–water partition coefficient (Wildman–Crippen LogP) is 0.413. The summed E-state index contributed by atoms with van der Waals surface area (Å²) in [4.78, 5) is 10.7. The number of rotatable bonds is 7. The fraction of sp³-hybridized carbons (Fsp3) is 0.700. The summed E-state index contributed by atoms with van der Waals surface area (Å²) in [6.07, 6.45) is 0. The molecule has 9 nitrogen and oxygen atoms in total. The number of sulfonamides is 1. The van der Waals surface area contributed by atoms with Crippen LogP contribution in [0.1, 0.15) is 25.5 Å². The van der Waals surface area contributed by atoms with Gasteiger partial charge in [0.05, 0.1) is 10.7 Å². The van der Waals surface area contributed by atoms with Gasteiger partial charge in [0.15, 0.2) is 0 Å². The van der Waals surface area contributed by atoms with Gasteiger partial charge < -0.3 is 5.32 Å². The van der Waals surface area contributed by atoms with Crippen molar-refractivity contribution in [2.45, 2.75) is 19.8 Å². The van der Waals surface area contributed by atoms with Crippen LogP contribution in [-0.2, 0) is 17.1 Å². The molecule has 2 N–H and O–H groups in total. The smallest absolute Gasteiger partial charge is 0.334 e. The highest BCUT2D eigenvalue weighted by molar-refractivity contribution is 7.89. The van der Waals surface area contributed by atoms with Crippen LogP contribution in [0.3, 0.4) is 0 Å². The maximum atomic E-state index is 11.3. The van der Waals surface area contributed by atoms with Gasteiger partial charge in [-0.15, -0.1) is 0 Å². The zero-order valence-electron chi connectivity index (χ0n) is 11.9. The van der Waals surface area contributed by atoms with Gasteiger partial charge in [0.2, 0.25) is 15.8 Å². The molecule has 10 heteroatoms. The molecule has 0 aliphatic carbocycles. The van der Waals surface area contributed by atoms with Crippen molar-refractivity contribution in [1.82, 2.24) is 14.5 Å². The maximum Gasteiger partial charge on any atom is 0.334 e. The lowest BCUT2D eigenvalue weighted by atomic mass is 10.1. The Labute approximate surface area is 117 Å². The first-order chi connectivity index (χ1) is 9.19. The average molecular weight is 305 g/mol. The summed E-state index contributed by atoms with van der Waals surface area (Å²) in [6, 6.07) is 0. The van der Waals surface area contributed by atoms with Crippen LogP contribution in [0.4, 0.5) is 11.5 Å². The van der Waals surface area contributed by atoms with Gasteiger partial charge in [0, 0.05) is 19.5 Å². The molecular weight excluding hydrogens is 286 g/mol. The highest BCUT2D eigenvalue weighted by atomic mass is 32.2. The van der Waals surface area contributed by atoms with Crippen molar-refractivity contribution >= 4 is 21.5 Å². The van der Waals surface area contributed by atoms with Crippen LogP contribution in [0, 0.1) is 10.1 Å². The molecule has 0 spiro atoms. The summed E-state index contributed by atoms with van der Waals surface area (Å²) in [6.45, 7) is 3.68. The lowest BCUT2D eigenvalue weighted by Gasteiger charge is -2.06. The zero-order chi connectivity index (χ0) is 15.5. The quantitative estimate of drug-likeness (QED) is 0.556. The van der Waals surface area contributed by atoms with Crippen LogP contribution in [0.15, 0.2) is 0 Å². The first kappa shape index (κ1) is 16.4. The molecule has 1 heterocycles. The summed E-state index contributed by atoms with van der Waals surface area (Å²) in [5.74, 6) is -0.0637. The van der Waals surface area contributed by atoms with E-state index in [4.69, 9.17) is 0 Å². The normalized spacial score (nSPS) is 11.8. The van der Waals surface area contributed by atoms with Gasteiger partial charge in [0.1, 0.15) is 5.69 Å². The molecular formula is C10H19N5O4S. The molecule has 0 radical (unpaired) electrons. The van der Waals surface area contributed by atoms with Crippen molar-refractivity contribution < 1.29 is 13.3 Å². The summed E-state index contributed by atoms with van der Waals surface area (Å²) < 4.78 is 26.1. The molecule has 1 rings (SSSR count). The van der Waals surface area contributed by atoms with E-state index in [2.05, 4.69) is 15.1 Å². The monoisotopic (exact) mass is 305 g/mol. The van der Waals surface area contributed by atoms with E-state index in [0.717, 1.165) is 0 Å². The second-order valence-electron chi connectivity index (χ2n) is 4.57. The van der Waals surface area contributed by atoms with Crippen molar-refractivity contribution in [3.05, 3.63) is 15.8 Å². The highest BCUT2D eigenvalue weighted by Crippen LogP contribution is 2.32. The number of hydrogen-bond donors (Lipinski definition) is 2. The summed E-state index contributed by atoms with van der Waals surface area (Å²) in [5, 5.41) is 18.0. The van der Waals surface area contributed by atoms with Crippen LogP contribution in [0.25, 0.3) is 0 Å². The van der Waals surface area contributed by atoms with E-state index in [-0.39, 0.29) is 29.7 Å². The molecule has 0 aromatic carbocycles. The first-order valence-electron chi connectivity index (χ1n) is 6.06. The molecule has 0 aliphatic rings. The molecule has 1 aromatic rings. The Kier molecular flexibility index (Phi) is 5.06. The fourth-order valence-corrected chi connectivity index (χ4v) is 2.28. The lowest BCUT2D eigenvalue weighted by molar-refractivity contribution is -0.384. The molecule has 1 aromatic heterocycles. The van der Waals surface area contributed by atoms with Crippen molar-refractivity contribution in [1.29, 1.82) is 0 Å². The summed E-state index contributed by atoms with van der Waals surface area (Å²) in [5.41, 5.74) is 0.265. The van der Waals surface area contributed by atoms with E-state index in [9.17, 15) is 18.5 Å². The Bertz CT molecular complexity index is 593. The average Bonchev–Trinajstić information content (AvgIpc) is 2.67. The summed E-state index contributed by atoms with van der Waals surface area (Å²) >= 11 is 0. The molecule has 0 amide bonds. The molecule has 114 valence electrons. The van der Waals surface area contributed by atoms with E-state index < -0.39 is 14.9 Å². The fourth-order valence-electron chi connectivity index (χ4n) is 1.71. The molecule has 0 saturated heterocycles. The number of hydrogen-bond acceptors (Lipinski definition) is 6. The minimum absolute atomic E-state index is 0.0566. The molecule has 0 aliphatic heterocycles. The van der Waals surface area contributed by atoms with Crippen LogP contribution >= 0.6 is 0 Å². The van der Waals surface area contributed by atoms with Gasteiger partial charge >= 0.3 is 5.69 Å². The van der Waals surface area contributed by atoms with Gasteiger partial charge in [-0.05, 0) is 7.05 Å². The van der Waals surface area contributed by atoms with Gasteiger partial charge in [-0.2, -0.15) is 5.10 Å². The topological polar surface area (TPSA) is 119 Å². The largest absolute Gasteiger partial charge is 0.363 e. The van der Waals surface area contributed by atoms with Crippen LogP contribution in [0.2, 0.25) is 0 Å². The van der Waals surface area contributed by atoms with Crippen LogP contribution in [-0.4, -0.2) is 42.5 Å². The minimum Gasteiger partial charge on any atom is -0.363 e. The van der Waals surface area contributed by atoms with Gasteiger partial charge in [-0.25, -0.2) is 17.8 Å². The molecule has 0 unspecified atom stereocenters. The second kappa shape index (κ2) is 6.18. The van der Waals surface area contributed by atoms with Crippen molar-refractivity contribution in [3.63, 3.8) is 0 Å². The molecule has 0 atom stereocenters. The molecule has 0 bridgehead atoms. The van der Waals surface area contributed by atoms with Crippen molar-refractivity contribution in [2.24, 2.45) is 7.05 Å². The molecule has 20 heavy (non-hydrogen) atoms. The van der Waals surface area contributed by atoms with Crippen molar-refractivity contribution in [2.75, 3.05) is 24.7 Å². The Morgan fingerprint density at radius 2 is 2.05 bits per heavy atom. The number of nitro groups is 1. The third kappa shape index (κ3) is 3.67. The molecule has 0 fully saturated rings. The predicted molar refractivity (Wildman–Crippen MR) is 75.3 cm³/mol. The van der Waals surface area contributed by atoms with Gasteiger partial charge in [0.25, 0.3) is 0 Å². The second-order valence-corrected chi connectivity index (χ2v) is 6.61. The van der Waals surface area contributed by atoms with E-state index in [1.54, 1.807) is 7.05 Å². The van der Waals surface area contributed by atoms with Crippen LogP contribution in [0.5, 0.6) is 0 Å². The van der Waals surface area contributed by atoms with Crippen LogP contribution < -0.4 is 10.0 Å². The Balaban J connectivity index is 2.98. The Hall–Kier alpha value is -1.68. The van der Waals surface area contributed by atoms with E-state index in [1.807, 2.05) is 13.8 Å². The van der Waals surface area contributed by atoms with E-state index >= 15 is 0 Å². The maximum absolute atomic E-state index is 11.3. The van der Waals surface area contributed by atoms with E-state index in [1.165, 1.54) is 11.7 Å². The zero-order valence-corrected chi connectivity index (χ0v) is 12.7. The summed E-state index contributed by atoms with van der Waals surface area (Å²) in [7, 11) is -0.462. The third-order valence-electron chi connectivity index (χ3n) is 2.75. The highest BCUT2D eigenvalue weighted by Gasteiger charge is 2.28. The number of anilines is 1. The molecule has 0 saturated carbocycles.